The van der Waals surface area contributed by atoms with Crippen LogP contribution < -0.4 is 9.47 Å². The lowest BCUT2D eigenvalue weighted by Crippen LogP contribution is -2.04. The lowest BCUT2D eigenvalue weighted by molar-refractivity contribution is 0.0689. The van der Waals surface area contributed by atoms with Crippen molar-refractivity contribution in [3.8, 4) is 34.0 Å². The van der Waals surface area contributed by atoms with Crippen LogP contribution in [0.4, 0.5) is 0 Å². The maximum Gasteiger partial charge on any atom is 0.343 e. The van der Waals surface area contributed by atoms with E-state index in [4.69, 9.17) is 9.47 Å². The summed E-state index contributed by atoms with van der Waals surface area (Å²) >= 11 is 0. The van der Waals surface area contributed by atoms with E-state index in [2.05, 4.69) is 9.97 Å². The minimum absolute atomic E-state index is 0.0139. The Balaban J connectivity index is 1.84. The molecule has 3 heterocycles. The Labute approximate surface area is 160 Å². The molecule has 0 atom stereocenters. The number of rotatable bonds is 5. The van der Waals surface area contributed by atoms with Crippen molar-refractivity contribution in [3.05, 3.63) is 54.7 Å². The molecule has 0 fully saturated rings. The number of aromatic nitrogens is 4. The second-order valence-corrected chi connectivity index (χ2v) is 6.27. The largest absolute Gasteiger partial charge is 0.496 e. The van der Waals surface area contributed by atoms with Crippen LogP contribution in [-0.4, -0.2) is 44.2 Å². The van der Waals surface area contributed by atoms with Gasteiger partial charge in [0.1, 0.15) is 22.7 Å². The van der Waals surface area contributed by atoms with Crippen molar-refractivity contribution in [1.29, 1.82) is 0 Å². The van der Waals surface area contributed by atoms with Crippen LogP contribution in [0.5, 0.6) is 11.5 Å². The molecule has 0 aliphatic rings. The van der Waals surface area contributed by atoms with Crippen molar-refractivity contribution < 1.29 is 19.4 Å². The van der Waals surface area contributed by atoms with Crippen LogP contribution in [-0.2, 0) is 7.05 Å². The maximum atomic E-state index is 11.6. The maximum absolute atomic E-state index is 11.6. The summed E-state index contributed by atoms with van der Waals surface area (Å²) in [5, 5.41) is 9.46. The first-order valence-electron chi connectivity index (χ1n) is 8.47. The number of hydrogen-bond acceptors (Lipinski definition) is 5. The van der Waals surface area contributed by atoms with E-state index in [0.29, 0.717) is 0 Å². The number of aryl methyl sites for hydroxylation is 1. The molecule has 0 saturated carbocycles. The number of ether oxygens (including phenoxy) is 2. The van der Waals surface area contributed by atoms with E-state index in [1.54, 1.807) is 24.7 Å². The molecule has 1 aromatic carbocycles. The van der Waals surface area contributed by atoms with Gasteiger partial charge in [-0.05, 0) is 24.3 Å². The molecule has 8 nitrogen and oxygen atoms in total. The summed E-state index contributed by atoms with van der Waals surface area (Å²) in [7, 11) is 4.78. The molecule has 3 aromatic heterocycles. The number of nitrogens with zero attached hydrogens (tertiary/aromatic N) is 4. The Kier molecular flexibility index (Phi) is 4.23. The summed E-state index contributed by atoms with van der Waals surface area (Å²) in [6.45, 7) is 0. The van der Waals surface area contributed by atoms with Gasteiger partial charge in [0.05, 0.1) is 38.1 Å². The van der Waals surface area contributed by atoms with Crippen LogP contribution in [0, 0.1) is 0 Å². The number of methoxy groups -OCH3 is 2. The van der Waals surface area contributed by atoms with Crippen LogP contribution in [0.1, 0.15) is 10.4 Å². The van der Waals surface area contributed by atoms with Crippen LogP contribution >= 0.6 is 0 Å². The molecule has 0 spiro atoms. The molecule has 8 heteroatoms. The second-order valence-electron chi connectivity index (χ2n) is 6.27. The average Bonchev–Trinajstić information content (AvgIpc) is 3.32. The Hall–Kier alpha value is -3.81. The molecule has 0 unspecified atom stereocenters. The molecule has 4 rings (SSSR count). The molecule has 4 aromatic rings. The fraction of sp³-hybridized carbons (Fsp3) is 0.150. The molecular formula is C20H18N4O4. The fourth-order valence-electron chi connectivity index (χ4n) is 3.19. The molecular weight excluding hydrogens is 360 g/mol. The number of pyridine rings is 1. The SMILES string of the molecule is COc1cc(-c2cnc3cc(-c4cn(C)cn4)ccn23)cc(OC)c1C(=O)O. The Bertz CT molecular complexity index is 1170. The summed E-state index contributed by atoms with van der Waals surface area (Å²) in [6.07, 6.45) is 7.33. The standard InChI is InChI=1S/C20H18N4O4/c1-23-10-14(22-11-23)12-4-5-24-15(9-21-18(24)8-12)13-6-16(27-2)19(20(25)26)17(7-13)28-3/h4-11H,1-3H3,(H,25,26). The first-order valence-corrected chi connectivity index (χ1v) is 8.47. The highest BCUT2D eigenvalue weighted by molar-refractivity contribution is 5.95. The van der Waals surface area contributed by atoms with E-state index >= 15 is 0 Å². The van der Waals surface area contributed by atoms with E-state index in [1.807, 2.05) is 40.5 Å². The van der Waals surface area contributed by atoms with Gasteiger partial charge in [-0.1, -0.05) is 0 Å². The third-order valence-electron chi connectivity index (χ3n) is 4.53. The van der Waals surface area contributed by atoms with Crippen LogP contribution in [0.25, 0.3) is 28.2 Å². The summed E-state index contributed by atoms with van der Waals surface area (Å²) in [5.74, 6) is -0.665. The molecule has 0 aliphatic carbocycles. The van der Waals surface area contributed by atoms with Gasteiger partial charge in [-0.3, -0.25) is 4.40 Å². The molecule has 28 heavy (non-hydrogen) atoms. The van der Waals surface area contributed by atoms with Gasteiger partial charge in [0.15, 0.2) is 0 Å². The monoisotopic (exact) mass is 378 g/mol. The Morgan fingerprint density at radius 1 is 1.07 bits per heavy atom. The summed E-state index contributed by atoms with van der Waals surface area (Å²) < 4.78 is 14.4. The van der Waals surface area contributed by atoms with Crippen LogP contribution in [0.15, 0.2) is 49.2 Å². The van der Waals surface area contributed by atoms with Gasteiger partial charge in [0.25, 0.3) is 0 Å². The van der Waals surface area contributed by atoms with E-state index in [1.165, 1.54) is 14.2 Å². The highest BCUT2D eigenvalue weighted by atomic mass is 16.5. The van der Waals surface area contributed by atoms with Gasteiger partial charge in [-0.15, -0.1) is 0 Å². The van der Waals surface area contributed by atoms with Crippen molar-refractivity contribution in [2.24, 2.45) is 7.05 Å². The summed E-state index contributed by atoms with van der Waals surface area (Å²) in [4.78, 5) is 20.4. The third-order valence-corrected chi connectivity index (χ3v) is 4.53. The van der Waals surface area contributed by atoms with Crippen molar-refractivity contribution in [1.82, 2.24) is 18.9 Å². The summed E-state index contributed by atoms with van der Waals surface area (Å²) in [6, 6.07) is 7.25. The summed E-state index contributed by atoms with van der Waals surface area (Å²) in [5.41, 5.74) is 4.08. The van der Waals surface area contributed by atoms with Crippen molar-refractivity contribution in [2.75, 3.05) is 14.2 Å². The number of carbonyl (C=O) groups is 1. The lowest BCUT2D eigenvalue weighted by atomic mass is 10.1. The number of aromatic carboxylic acids is 1. The van der Waals surface area contributed by atoms with Crippen molar-refractivity contribution >= 4 is 11.6 Å². The van der Waals surface area contributed by atoms with Gasteiger partial charge in [-0.2, -0.15) is 0 Å². The Morgan fingerprint density at radius 2 is 1.79 bits per heavy atom. The van der Waals surface area contributed by atoms with E-state index < -0.39 is 5.97 Å². The Morgan fingerprint density at radius 3 is 2.36 bits per heavy atom. The highest BCUT2D eigenvalue weighted by Crippen LogP contribution is 2.35. The number of carboxylic acids is 1. The zero-order valence-corrected chi connectivity index (χ0v) is 15.6. The number of fused-ring (bicyclic) bond motifs is 1. The van der Waals surface area contributed by atoms with Gasteiger partial charge in [0.2, 0.25) is 0 Å². The number of carboxylic acid groups (broad SMARTS) is 1. The third kappa shape index (κ3) is 2.84. The number of benzene rings is 1. The first kappa shape index (κ1) is 17.6. The number of imidazole rings is 2. The van der Waals surface area contributed by atoms with Gasteiger partial charge < -0.3 is 19.1 Å². The minimum Gasteiger partial charge on any atom is -0.496 e. The fourth-order valence-corrected chi connectivity index (χ4v) is 3.19. The first-order chi connectivity index (χ1) is 13.5. The molecule has 142 valence electrons. The molecule has 0 aliphatic heterocycles. The van der Waals surface area contributed by atoms with Crippen molar-refractivity contribution in [3.63, 3.8) is 0 Å². The van der Waals surface area contributed by atoms with Gasteiger partial charge >= 0.3 is 5.97 Å². The topological polar surface area (TPSA) is 90.9 Å². The predicted molar refractivity (Wildman–Crippen MR) is 103 cm³/mol. The normalized spacial score (nSPS) is 11.0. The van der Waals surface area contributed by atoms with Crippen LogP contribution in [0.3, 0.4) is 0 Å². The lowest BCUT2D eigenvalue weighted by Gasteiger charge is -2.12. The van der Waals surface area contributed by atoms with E-state index in [-0.39, 0.29) is 17.1 Å². The molecule has 0 saturated heterocycles. The molecule has 0 bridgehead atoms. The average molecular weight is 378 g/mol. The molecule has 1 N–H and O–H groups in total. The van der Waals surface area contributed by atoms with E-state index in [0.717, 1.165) is 28.2 Å². The zero-order chi connectivity index (χ0) is 19.8. The van der Waals surface area contributed by atoms with Crippen molar-refractivity contribution in [2.45, 2.75) is 0 Å². The highest BCUT2D eigenvalue weighted by Gasteiger charge is 2.20. The predicted octanol–water partition coefficient (Wildman–Crippen LogP) is 3.12. The molecule has 0 radical (unpaired) electrons. The smallest absolute Gasteiger partial charge is 0.343 e. The van der Waals surface area contributed by atoms with E-state index in [9.17, 15) is 9.90 Å². The second kappa shape index (κ2) is 6.73. The zero-order valence-electron chi connectivity index (χ0n) is 15.6. The van der Waals surface area contributed by atoms with Crippen LogP contribution in [0.2, 0.25) is 0 Å². The number of hydrogen-bond donors (Lipinski definition) is 1. The minimum atomic E-state index is -1.11. The van der Waals surface area contributed by atoms with Gasteiger partial charge in [-0.25, -0.2) is 14.8 Å². The van der Waals surface area contributed by atoms with Gasteiger partial charge in [0, 0.05) is 30.6 Å². The molecule has 0 amide bonds. The quantitative estimate of drug-likeness (QED) is 0.574.